The Kier molecular flexibility index (Phi) is 20.6. The van der Waals surface area contributed by atoms with E-state index in [4.69, 9.17) is 23.7 Å². The highest BCUT2D eigenvalue weighted by atomic mass is 16.6. The predicted molar refractivity (Wildman–Crippen MR) is 236 cm³/mol. The number of aliphatic hydroxyl groups excluding tert-OH is 2. The third kappa shape index (κ3) is 14.1. The van der Waals surface area contributed by atoms with Gasteiger partial charge in [-0.1, -0.05) is 70.2 Å². The van der Waals surface area contributed by atoms with E-state index < -0.39 is 83.9 Å². The van der Waals surface area contributed by atoms with Crippen LogP contribution in [0.25, 0.3) is 0 Å². The van der Waals surface area contributed by atoms with Crippen LogP contribution in [0.1, 0.15) is 118 Å². The molecule has 14 nitrogen and oxygen atoms in total. The van der Waals surface area contributed by atoms with E-state index in [1.54, 1.807) is 48.0 Å². The summed E-state index contributed by atoms with van der Waals surface area (Å²) in [6, 6.07) is -1.14. The molecule has 0 spiro atoms. The lowest BCUT2D eigenvalue weighted by atomic mass is 9.78. The summed E-state index contributed by atoms with van der Waals surface area (Å²) >= 11 is 0. The Balaban J connectivity index is 1.67. The van der Waals surface area contributed by atoms with Crippen LogP contribution < -0.4 is 0 Å². The number of ketones is 3. The number of methoxy groups -OCH3 is 3. The second kappa shape index (κ2) is 24.8. The van der Waals surface area contributed by atoms with E-state index in [9.17, 15) is 39.3 Å². The first kappa shape index (κ1) is 52.3. The van der Waals surface area contributed by atoms with E-state index in [0.29, 0.717) is 69.8 Å². The van der Waals surface area contributed by atoms with Crippen LogP contribution in [0.4, 0.5) is 0 Å². The second-order valence-electron chi connectivity index (χ2n) is 18.5. The third-order valence-corrected chi connectivity index (χ3v) is 13.8. The average molecular weight is 886 g/mol. The van der Waals surface area contributed by atoms with Gasteiger partial charge in [0.05, 0.1) is 24.4 Å². The molecule has 14 heteroatoms. The van der Waals surface area contributed by atoms with Crippen LogP contribution in [-0.4, -0.2) is 132 Å². The zero-order valence-corrected chi connectivity index (χ0v) is 38.8. The quantitative estimate of drug-likeness (QED) is 0.171. The molecule has 1 aliphatic carbocycles. The minimum absolute atomic E-state index is 0.0899. The van der Waals surface area contributed by atoms with Crippen molar-refractivity contribution < 1.29 is 63.0 Å². The lowest BCUT2D eigenvalue weighted by Gasteiger charge is -2.42. The highest BCUT2D eigenvalue weighted by Gasteiger charge is 2.53. The number of rotatable bonds is 6. The molecule has 3 aliphatic heterocycles. The van der Waals surface area contributed by atoms with Crippen LogP contribution in [0, 0.1) is 29.6 Å². The Hall–Kier alpha value is -3.37. The van der Waals surface area contributed by atoms with Gasteiger partial charge in [-0.05, 0) is 95.0 Å². The van der Waals surface area contributed by atoms with Crippen molar-refractivity contribution in [2.24, 2.45) is 29.6 Å². The lowest BCUT2D eigenvalue weighted by Crippen LogP contribution is -2.60. The maximum absolute atomic E-state index is 14.3. The minimum atomic E-state index is -2.42. The summed E-state index contributed by atoms with van der Waals surface area (Å²) in [4.78, 5) is 71.3. The van der Waals surface area contributed by atoms with Crippen LogP contribution in [0.2, 0.25) is 0 Å². The fourth-order valence-corrected chi connectivity index (χ4v) is 9.52. The molecule has 0 aromatic heterocycles. The molecule has 1 amide bonds. The Bertz CT molecular complexity index is 1670. The number of allylic oxidation sites excluding steroid dienone is 6. The van der Waals surface area contributed by atoms with Gasteiger partial charge >= 0.3 is 5.97 Å². The molecule has 4 aliphatic rings. The zero-order valence-electron chi connectivity index (χ0n) is 38.8. The van der Waals surface area contributed by atoms with Crippen molar-refractivity contribution in [3.8, 4) is 0 Å². The Morgan fingerprint density at radius 1 is 0.873 bits per heavy atom. The van der Waals surface area contributed by atoms with Gasteiger partial charge < -0.3 is 43.9 Å². The van der Waals surface area contributed by atoms with Crippen LogP contribution in [-0.2, 0) is 47.7 Å². The number of amides is 1. The number of hydrogen-bond donors (Lipinski definition) is 3. The topological polar surface area (TPSA) is 195 Å². The van der Waals surface area contributed by atoms with E-state index in [2.05, 4.69) is 0 Å². The number of aliphatic hydroxyl groups is 3. The minimum Gasteiger partial charge on any atom is -0.460 e. The highest BCUT2D eigenvalue weighted by Crippen LogP contribution is 2.37. The highest BCUT2D eigenvalue weighted by molar-refractivity contribution is 6.39. The number of carbonyl (C=O) groups is 5. The first-order valence-corrected chi connectivity index (χ1v) is 23.1. The van der Waals surface area contributed by atoms with E-state index >= 15 is 0 Å². The smallest absolute Gasteiger partial charge is 0.329 e. The van der Waals surface area contributed by atoms with Gasteiger partial charge in [0.2, 0.25) is 5.79 Å². The van der Waals surface area contributed by atoms with Gasteiger partial charge in [0, 0.05) is 58.5 Å². The molecular weight excluding hydrogens is 811 g/mol. The molecule has 354 valence electrons. The molecule has 14 atom stereocenters. The van der Waals surface area contributed by atoms with Crippen molar-refractivity contribution in [3.63, 3.8) is 0 Å². The Morgan fingerprint density at radius 2 is 1.60 bits per heavy atom. The summed E-state index contributed by atoms with van der Waals surface area (Å²) in [6.07, 6.45) is 13.4. The predicted octanol–water partition coefficient (Wildman–Crippen LogP) is 5.54. The van der Waals surface area contributed by atoms with Crippen molar-refractivity contribution in [1.82, 2.24) is 4.90 Å². The number of piperidine rings is 1. The van der Waals surface area contributed by atoms with Gasteiger partial charge in [0.1, 0.15) is 30.1 Å². The molecule has 0 aromatic carbocycles. The van der Waals surface area contributed by atoms with E-state index in [0.717, 1.165) is 6.42 Å². The first-order chi connectivity index (χ1) is 29.9. The normalized spacial score (nSPS) is 39.6. The summed E-state index contributed by atoms with van der Waals surface area (Å²) < 4.78 is 29.1. The number of hydrogen-bond acceptors (Lipinski definition) is 13. The number of nitrogens with zero attached hydrogens (tertiary/aromatic N) is 1. The molecule has 63 heavy (non-hydrogen) atoms. The van der Waals surface area contributed by atoms with Gasteiger partial charge in [0.15, 0.2) is 5.78 Å². The summed E-state index contributed by atoms with van der Waals surface area (Å²) in [5, 5.41) is 33.6. The SMILES string of the molecule is CO[C@@H]1/C=C/C=C/C=C\CC[C@@H](C)C(=O)[C@H](OC)[C@H](O)/C(C)=C/[C@@H](C)C(=O)C[C@@H]([C@H](C)C[C@H]2CC[C@@H](O)[C@H](OC)C2)OC(=O)[C@@H]2CCCCN2C(=O)C(=O)[C@]2(O)O[C@@H](CC[C@H]2C)C1. The molecule has 3 fully saturated rings. The zero-order chi connectivity index (χ0) is 46.4. The summed E-state index contributed by atoms with van der Waals surface area (Å²) in [5.74, 6) is -7.92. The Morgan fingerprint density at radius 3 is 2.30 bits per heavy atom. The van der Waals surface area contributed by atoms with Gasteiger partial charge in [-0.3, -0.25) is 19.2 Å². The van der Waals surface area contributed by atoms with Gasteiger partial charge in [0.25, 0.3) is 11.7 Å². The van der Waals surface area contributed by atoms with E-state index in [-0.39, 0.29) is 48.9 Å². The average Bonchev–Trinajstić information content (AvgIpc) is 3.27. The maximum atomic E-state index is 14.3. The molecule has 4 rings (SSSR count). The molecule has 1 saturated carbocycles. The second-order valence-corrected chi connectivity index (χ2v) is 18.5. The number of cyclic esters (lactones) is 1. The van der Waals surface area contributed by atoms with Crippen molar-refractivity contribution in [2.75, 3.05) is 27.9 Å². The molecular formula is C49H75NO13. The van der Waals surface area contributed by atoms with Crippen molar-refractivity contribution >= 4 is 29.2 Å². The van der Waals surface area contributed by atoms with Gasteiger partial charge in [-0.15, -0.1) is 0 Å². The number of carbonyl (C=O) groups excluding carboxylic acids is 5. The van der Waals surface area contributed by atoms with Crippen molar-refractivity contribution in [2.45, 2.75) is 173 Å². The van der Waals surface area contributed by atoms with E-state index in [1.165, 1.54) is 12.0 Å². The first-order valence-electron chi connectivity index (χ1n) is 23.1. The van der Waals surface area contributed by atoms with Gasteiger partial charge in [-0.2, -0.15) is 0 Å². The summed E-state index contributed by atoms with van der Waals surface area (Å²) in [5.41, 5.74) is 0.388. The summed E-state index contributed by atoms with van der Waals surface area (Å²) in [6.45, 7) is 8.79. The number of ether oxygens (including phenoxy) is 5. The lowest BCUT2D eigenvalue weighted by molar-refractivity contribution is -0.265. The van der Waals surface area contributed by atoms with Crippen LogP contribution in [0.5, 0.6) is 0 Å². The molecule has 0 aromatic rings. The van der Waals surface area contributed by atoms with Crippen LogP contribution >= 0.6 is 0 Å². The largest absolute Gasteiger partial charge is 0.460 e. The molecule has 0 unspecified atom stereocenters. The van der Waals surface area contributed by atoms with Crippen molar-refractivity contribution in [3.05, 3.63) is 48.1 Å². The van der Waals surface area contributed by atoms with Crippen LogP contribution in [0.3, 0.4) is 0 Å². The van der Waals surface area contributed by atoms with Crippen molar-refractivity contribution in [1.29, 1.82) is 0 Å². The molecule has 3 heterocycles. The fourth-order valence-electron chi connectivity index (χ4n) is 9.52. The molecule has 0 radical (unpaired) electrons. The standard InChI is InChI=1S/C49H75NO13/c1-30-17-13-11-9-10-12-14-18-36(59-6)28-37-22-20-34(5)49(58,63-37)46(55)47(56)50-24-16-15-19-38(50)48(57)62-41(32(3)26-35-21-23-39(51)42(27-35)60-7)29-40(52)31(2)25-33(4)44(54)45(61-8)43(30)53/h9-12,14,18,25,30-32,34-39,41-42,44-45,51,54,58H,13,15-17,19-24,26-29H2,1-8H3/b11-9-,12-10+,18-14+,33-25+/t30-,31-,32-,34-,35-,36-,37+,38+,39-,41+,42-,44-,45+,49-/m1/s1. The molecule has 3 N–H and O–H groups in total. The number of esters is 1. The summed E-state index contributed by atoms with van der Waals surface area (Å²) in [7, 11) is 4.49. The number of fused-ring (bicyclic) bond motifs is 3. The monoisotopic (exact) mass is 886 g/mol. The Labute approximate surface area is 374 Å². The molecule has 2 saturated heterocycles. The number of Topliss-reactive ketones (excluding diaryl/α,β-unsaturated/α-hetero) is 3. The fraction of sp³-hybridized carbons (Fsp3) is 0.735. The van der Waals surface area contributed by atoms with E-state index in [1.807, 2.05) is 43.4 Å². The van der Waals surface area contributed by atoms with Crippen LogP contribution in [0.15, 0.2) is 48.1 Å². The van der Waals surface area contributed by atoms with Gasteiger partial charge in [-0.25, -0.2) is 4.79 Å². The third-order valence-electron chi connectivity index (χ3n) is 13.8. The molecule has 2 bridgehead atoms. The maximum Gasteiger partial charge on any atom is 0.329 e.